The van der Waals surface area contributed by atoms with E-state index in [-0.39, 0.29) is 5.60 Å². The number of carboxylic acid groups (broad SMARTS) is 2. The van der Waals surface area contributed by atoms with Crippen LogP contribution in [0.25, 0.3) is 0 Å². The standard InChI is InChI=1S/C5H12O.C4H4O4/c1-5(2,3)6-4;5-3(6)1-2-4(7)8/h1-4H3;1-2H,(H,5,6)(H,7,8)/b;2-1+. The third-order valence-corrected chi connectivity index (χ3v) is 0.981. The van der Waals surface area contributed by atoms with E-state index < -0.39 is 11.9 Å². The minimum atomic E-state index is -1.26. The molecule has 0 saturated carbocycles. The number of carboxylic acids is 2. The van der Waals surface area contributed by atoms with Crippen molar-refractivity contribution in [2.75, 3.05) is 7.11 Å². The molecule has 0 saturated heterocycles. The molecule has 0 radical (unpaired) electrons. The van der Waals surface area contributed by atoms with Crippen LogP contribution in [0.4, 0.5) is 0 Å². The van der Waals surface area contributed by atoms with Gasteiger partial charge in [-0.05, 0) is 20.8 Å². The molecule has 82 valence electrons. The molecule has 0 heterocycles. The summed E-state index contributed by atoms with van der Waals surface area (Å²) in [6, 6.07) is 0. The molecule has 0 amide bonds. The monoisotopic (exact) mass is 204 g/mol. The molecule has 0 unspecified atom stereocenters. The summed E-state index contributed by atoms with van der Waals surface area (Å²) in [6.07, 6.45) is 1.12. The van der Waals surface area contributed by atoms with Crippen molar-refractivity contribution in [3.05, 3.63) is 12.2 Å². The van der Waals surface area contributed by atoms with Crippen LogP contribution in [0.1, 0.15) is 20.8 Å². The van der Waals surface area contributed by atoms with E-state index in [4.69, 9.17) is 14.9 Å². The van der Waals surface area contributed by atoms with Gasteiger partial charge in [-0.2, -0.15) is 0 Å². The highest BCUT2D eigenvalue weighted by Gasteiger charge is 2.03. The first-order valence-corrected chi connectivity index (χ1v) is 3.88. The number of rotatable bonds is 2. The Kier molecular flexibility index (Phi) is 7.65. The second-order valence-electron chi connectivity index (χ2n) is 3.33. The largest absolute Gasteiger partial charge is 0.478 e. The van der Waals surface area contributed by atoms with Gasteiger partial charge in [0, 0.05) is 19.3 Å². The van der Waals surface area contributed by atoms with Crippen molar-refractivity contribution >= 4 is 11.9 Å². The summed E-state index contributed by atoms with van der Waals surface area (Å²) in [5.41, 5.74) is 0.0417. The van der Waals surface area contributed by atoms with Crippen molar-refractivity contribution in [1.29, 1.82) is 0 Å². The van der Waals surface area contributed by atoms with Crippen LogP contribution in [-0.4, -0.2) is 34.9 Å². The average molecular weight is 204 g/mol. The Bertz CT molecular complexity index is 196. The van der Waals surface area contributed by atoms with Crippen LogP contribution in [-0.2, 0) is 14.3 Å². The number of aliphatic carboxylic acids is 2. The van der Waals surface area contributed by atoms with Crippen molar-refractivity contribution < 1.29 is 24.5 Å². The van der Waals surface area contributed by atoms with Gasteiger partial charge in [0.2, 0.25) is 0 Å². The second-order valence-corrected chi connectivity index (χ2v) is 3.33. The number of methoxy groups -OCH3 is 1. The summed E-state index contributed by atoms with van der Waals surface area (Å²) in [5.74, 6) is -2.51. The van der Waals surface area contributed by atoms with E-state index in [1.165, 1.54) is 0 Å². The number of carbonyl (C=O) groups is 2. The van der Waals surface area contributed by atoms with Gasteiger partial charge in [-0.25, -0.2) is 9.59 Å². The first-order chi connectivity index (χ1) is 6.19. The zero-order valence-electron chi connectivity index (χ0n) is 8.77. The fourth-order valence-corrected chi connectivity index (χ4v) is 0.143. The summed E-state index contributed by atoms with van der Waals surface area (Å²) < 4.78 is 4.94. The predicted molar refractivity (Wildman–Crippen MR) is 51.2 cm³/mol. The molecule has 0 aromatic rings. The van der Waals surface area contributed by atoms with Gasteiger partial charge in [0.05, 0.1) is 5.60 Å². The Morgan fingerprint density at radius 3 is 1.36 bits per heavy atom. The third kappa shape index (κ3) is 22.4. The number of hydrogen-bond acceptors (Lipinski definition) is 3. The van der Waals surface area contributed by atoms with Crippen molar-refractivity contribution in [2.45, 2.75) is 26.4 Å². The second kappa shape index (κ2) is 7.08. The quantitative estimate of drug-likeness (QED) is 0.659. The molecule has 14 heavy (non-hydrogen) atoms. The third-order valence-electron chi connectivity index (χ3n) is 0.981. The highest BCUT2D eigenvalue weighted by Crippen LogP contribution is 2.02. The Hall–Kier alpha value is -1.36. The molecule has 0 aromatic carbocycles. The molecular formula is C9H16O5. The molecule has 0 aromatic heterocycles. The van der Waals surface area contributed by atoms with Crippen LogP contribution in [0.15, 0.2) is 12.2 Å². The van der Waals surface area contributed by atoms with Crippen LogP contribution < -0.4 is 0 Å². The van der Waals surface area contributed by atoms with Crippen molar-refractivity contribution in [1.82, 2.24) is 0 Å². The van der Waals surface area contributed by atoms with Gasteiger partial charge in [0.15, 0.2) is 0 Å². The lowest BCUT2D eigenvalue weighted by Crippen LogP contribution is -2.15. The normalized spacial score (nSPS) is 10.6. The summed E-state index contributed by atoms with van der Waals surface area (Å²) in [4.78, 5) is 19.1. The SMILES string of the molecule is COC(C)(C)C.O=C(O)/C=C/C(=O)O. The van der Waals surface area contributed by atoms with Crippen LogP contribution in [0.3, 0.4) is 0 Å². The zero-order chi connectivity index (χ0) is 11.8. The lowest BCUT2D eigenvalue weighted by atomic mass is 10.2. The first kappa shape index (κ1) is 15.1. The fourth-order valence-electron chi connectivity index (χ4n) is 0.143. The van der Waals surface area contributed by atoms with E-state index in [9.17, 15) is 9.59 Å². The van der Waals surface area contributed by atoms with Gasteiger partial charge in [-0.15, -0.1) is 0 Å². The molecule has 0 aliphatic heterocycles. The lowest BCUT2D eigenvalue weighted by molar-refractivity contribution is -0.134. The molecule has 0 fully saturated rings. The molecule has 0 spiro atoms. The molecule has 5 nitrogen and oxygen atoms in total. The topological polar surface area (TPSA) is 83.8 Å². The van der Waals surface area contributed by atoms with E-state index in [1.54, 1.807) is 7.11 Å². The van der Waals surface area contributed by atoms with Crippen molar-refractivity contribution in [2.24, 2.45) is 0 Å². The Balaban J connectivity index is 0. The Morgan fingerprint density at radius 2 is 1.29 bits per heavy atom. The summed E-state index contributed by atoms with van der Waals surface area (Å²) in [6.45, 7) is 6.06. The number of ether oxygens (including phenoxy) is 1. The van der Waals surface area contributed by atoms with E-state index in [0.29, 0.717) is 12.2 Å². The highest BCUT2D eigenvalue weighted by molar-refractivity contribution is 5.89. The Morgan fingerprint density at radius 1 is 1.07 bits per heavy atom. The van der Waals surface area contributed by atoms with Crippen molar-refractivity contribution in [3.8, 4) is 0 Å². The van der Waals surface area contributed by atoms with Crippen LogP contribution in [0, 0.1) is 0 Å². The van der Waals surface area contributed by atoms with Gasteiger partial charge in [0.1, 0.15) is 0 Å². The van der Waals surface area contributed by atoms with E-state index >= 15 is 0 Å². The summed E-state index contributed by atoms with van der Waals surface area (Å²) >= 11 is 0. The molecule has 0 rings (SSSR count). The predicted octanol–water partition coefficient (Wildman–Crippen LogP) is 1.14. The first-order valence-electron chi connectivity index (χ1n) is 3.88. The van der Waals surface area contributed by atoms with Crippen LogP contribution >= 0.6 is 0 Å². The van der Waals surface area contributed by atoms with E-state index in [0.717, 1.165) is 0 Å². The van der Waals surface area contributed by atoms with E-state index in [1.807, 2.05) is 20.8 Å². The molecule has 0 atom stereocenters. The van der Waals surface area contributed by atoms with Gasteiger partial charge in [0.25, 0.3) is 0 Å². The van der Waals surface area contributed by atoms with Gasteiger partial charge >= 0.3 is 11.9 Å². The van der Waals surface area contributed by atoms with Gasteiger partial charge in [-0.3, -0.25) is 0 Å². The van der Waals surface area contributed by atoms with Gasteiger partial charge in [-0.1, -0.05) is 0 Å². The van der Waals surface area contributed by atoms with Crippen LogP contribution in [0.5, 0.6) is 0 Å². The minimum absolute atomic E-state index is 0.0417. The fraction of sp³-hybridized carbons (Fsp3) is 0.556. The van der Waals surface area contributed by atoms with Gasteiger partial charge < -0.3 is 14.9 Å². The summed E-state index contributed by atoms with van der Waals surface area (Å²) in [5, 5.41) is 15.6. The molecule has 0 bridgehead atoms. The zero-order valence-corrected chi connectivity index (χ0v) is 8.77. The molecule has 5 heteroatoms. The molecule has 0 aliphatic rings. The number of hydrogen-bond donors (Lipinski definition) is 2. The van der Waals surface area contributed by atoms with E-state index in [2.05, 4.69) is 0 Å². The smallest absolute Gasteiger partial charge is 0.328 e. The molecule has 0 aliphatic carbocycles. The maximum Gasteiger partial charge on any atom is 0.328 e. The maximum absolute atomic E-state index is 9.55. The van der Waals surface area contributed by atoms with Crippen molar-refractivity contribution in [3.63, 3.8) is 0 Å². The van der Waals surface area contributed by atoms with Crippen LogP contribution in [0.2, 0.25) is 0 Å². The molecule has 2 N–H and O–H groups in total. The molecular weight excluding hydrogens is 188 g/mol. The lowest BCUT2D eigenvalue weighted by Gasteiger charge is -2.14. The average Bonchev–Trinajstić information content (AvgIpc) is 2.01. The minimum Gasteiger partial charge on any atom is -0.478 e. The Labute approximate surface area is 83.0 Å². The maximum atomic E-state index is 9.55. The summed E-state index contributed by atoms with van der Waals surface area (Å²) in [7, 11) is 1.71. The highest BCUT2D eigenvalue weighted by atomic mass is 16.5.